The van der Waals surface area contributed by atoms with Crippen molar-refractivity contribution in [2.75, 3.05) is 12.4 Å². The van der Waals surface area contributed by atoms with Crippen LogP contribution in [0, 0.1) is 5.92 Å². The Morgan fingerprint density at radius 2 is 2.44 bits per heavy atom. The molecule has 0 fully saturated rings. The molecule has 1 aromatic rings. The van der Waals surface area contributed by atoms with Crippen LogP contribution >= 0.6 is 11.6 Å². The standard InChI is InChI=1S/C11H15ClN2O2/c1-8(2-4-12)6-14-11(16)9-3-5-13-7-10(9)15/h3,5,7-8,15H,2,4,6H2,1H3,(H,14,16). The minimum absolute atomic E-state index is 0.106. The van der Waals surface area contributed by atoms with E-state index in [-0.39, 0.29) is 17.2 Å². The van der Waals surface area contributed by atoms with Gasteiger partial charge >= 0.3 is 0 Å². The molecule has 16 heavy (non-hydrogen) atoms. The first kappa shape index (κ1) is 12.8. The van der Waals surface area contributed by atoms with E-state index in [0.717, 1.165) is 6.42 Å². The van der Waals surface area contributed by atoms with Crippen molar-refractivity contribution in [2.45, 2.75) is 13.3 Å². The number of amides is 1. The second-order valence-electron chi connectivity index (χ2n) is 3.69. The minimum atomic E-state index is -0.290. The van der Waals surface area contributed by atoms with Crippen molar-refractivity contribution in [2.24, 2.45) is 5.92 Å². The zero-order valence-corrected chi connectivity index (χ0v) is 9.87. The fourth-order valence-electron chi connectivity index (χ4n) is 1.23. The fraction of sp³-hybridized carbons (Fsp3) is 0.455. The predicted octanol–water partition coefficient (Wildman–Crippen LogP) is 1.78. The van der Waals surface area contributed by atoms with Gasteiger partial charge in [-0.15, -0.1) is 11.6 Å². The summed E-state index contributed by atoms with van der Waals surface area (Å²) in [7, 11) is 0. The van der Waals surface area contributed by atoms with E-state index >= 15 is 0 Å². The van der Waals surface area contributed by atoms with Crippen molar-refractivity contribution < 1.29 is 9.90 Å². The van der Waals surface area contributed by atoms with Gasteiger partial charge in [-0.1, -0.05) is 6.92 Å². The zero-order valence-electron chi connectivity index (χ0n) is 9.11. The highest BCUT2D eigenvalue weighted by Crippen LogP contribution is 2.13. The summed E-state index contributed by atoms with van der Waals surface area (Å²) in [6.45, 7) is 2.56. The molecule has 88 valence electrons. The van der Waals surface area contributed by atoms with Gasteiger partial charge in [0, 0.05) is 18.6 Å². The molecule has 0 aliphatic carbocycles. The van der Waals surface area contributed by atoms with Crippen LogP contribution in [0.1, 0.15) is 23.7 Å². The highest BCUT2D eigenvalue weighted by atomic mass is 35.5. The van der Waals surface area contributed by atoms with Gasteiger partial charge in [0.1, 0.15) is 5.75 Å². The average Bonchev–Trinajstić information content (AvgIpc) is 2.27. The Morgan fingerprint density at radius 1 is 1.69 bits per heavy atom. The topological polar surface area (TPSA) is 62.2 Å². The number of halogens is 1. The van der Waals surface area contributed by atoms with Crippen molar-refractivity contribution in [3.05, 3.63) is 24.0 Å². The normalized spacial score (nSPS) is 12.1. The molecule has 0 bridgehead atoms. The average molecular weight is 243 g/mol. The van der Waals surface area contributed by atoms with Gasteiger partial charge in [-0.25, -0.2) is 0 Å². The van der Waals surface area contributed by atoms with Gasteiger partial charge in [-0.3, -0.25) is 9.78 Å². The molecule has 0 spiro atoms. The third-order valence-corrected chi connectivity index (χ3v) is 2.48. The summed E-state index contributed by atoms with van der Waals surface area (Å²) >= 11 is 5.59. The molecular weight excluding hydrogens is 228 g/mol. The van der Waals surface area contributed by atoms with E-state index in [9.17, 15) is 9.90 Å². The maximum atomic E-state index is 11.6. The van der Waals surface area contributed by atoms with Gasteiger partial charge in [-0.05, 0) is 18.4 Å². The molecule has 1 unspecified atom stereocenters. The molecule has 0 radical (unpaired) electrons. The number of carbonyl (C=O) groups excluding carboxylic acids is 1. The van der Waals surface area contributed by atoms with Crippen LogP contribution in [-0.2, 0) is 0 Å². The summed E-state index contributed by atoms with van der Waals surface area (Å²) in [5.41, 5.74) is 0.244. The van der Waals surface area contributed by atoms with Crippen molar-refractivity contribution >= 4 is 17.5 Å². The third kappa shape index (κ3) is 3.70. The number of carbonyl (C=O) groups is 1. The summed E-state index contributed by atoms with van der Waals surface area (Å²) in [6, 6.07) is 1.48. The Hall–Kier alpha value is -1.29. The van der Waals surface area contributed by atoms with Crippen LogP contribution in [-0.4, -0.2) is 28.4 Å². The van der Waals surface area contributed by atoms with E-state index in [1.165, 1.54) is 18.5 Å². The molecule has 0 aliphatic rings. The number of pyridine rings is 1. The zero-order chi connectivity index (χ0) is 12.0. The van der Waals surface area contributed by atoms with Crippen molar-refractivity contribution in [3.63, 3.8) is 0 Å². The van der Waals surface area contributed by atoms with Gasteiger partial charge in [0.05, 0.1) is 11.8 Å². The number of alkyl halides is 1. The molecule has 0 saturated heterocycles. The number of hydrogen-bond acceptors (Lipinski definition) is 3. The molecule has 5 heteroatoms. The Morgan fingerprint density at radius 3 is 3.06 bits per heavy atom. The molecule has 0 saturated carbocycles. The van der Waals surface area contributed by atoms with Crippen LogP contribution in [0.3, 0.4) is 0 Å². The quantitative estimate of drug-likeness (QED) is 0.774. The monoisotopic (exact) mass is 242 g/mol. The first-order chi connectivity index (χ1) is 7.65. The second kappa shape index (κ2) is 6.33. The maximum Gasteiger partial charge on any atom is 0.255 e. The minimum Gasteiger partial charge on any atom is -0.505 e. The number of hydrogen-bond donors (Lipinski definition) is 2. The van der Waals surface area contributed by atoms with E-state index < -0.39 is 0 Å². The molecule has 1 amide bonds. The van der Waals surface area contributed by atoms with Crippen LogP contribution in [0.4, 0.5) is 0 Å². The molecule has 0 aromatic carbocycles. The summed E-state index contributed by atoms with van der Waals surface area (Å²) in [4.78, 5) is 15.3. The Kier molecular flexibility index (Phi) is 5.05. The van der Waals surface area contributed by atoms with E-state index in [2.05, 4.69) is 10.3 Å². The predicted molar refractivity (Wildman–Crippen MR) is 62.7 cm³/mol. The SMILES string of the molecule is CC(CCCl)CNC(=O)c1ccncc1O. The van der Waals surface area contributed by atoms with Crippen LogP contribution in [0.25, 0.3) is 0 Å². The summed E-state index contributed by atoms with van der Waals surface area (Å²) in [5.74, 6) is 0.508. The lowest BCUT2D eigenvalue weighted by molar-refractivity contribution is 0.0945. The van der Waals surface area contributed by atoms with Crippen LogP contribution in [0.15, 0.2) is 18.5 Å². The largest absolute Gasteiger partial charge is 0.505 e. The maximum absolute atomic E-state index is 11.6. The number of rotatable bonds is 5. The second-order valence-corrected chi connectivity index (χ2v) is 4.06. The van der Waals surface area contributed by atoms with Crippen LogP contribution < -0.4 is 5.32 Å². The van der Waals surface area contributed by atoms with Crippen molar-refractivity contribution in [3.8, 4) is 5.75 Å². The molecule has 1 rings (SSSR count). The van der Waals surface area contributed by atoms with Gasteiger partial charge in [-0.2, -0.15) is 0 Å². The van der Waals surface area contributed by atoms with E-state index in [0.29, 0.717) is 18.3 Å². The van der Waals surface area contributed by atoms with Gasteiger partial charge in [0.25, 0.3) is 5.91 Å². The Bertz CT molecular complexity index is 358. The summed E-state index contributed by atoms with van der Waals surface area (Å²) < 4.78 is 0. The Labute approximate surface area is 99.6 Å². The summed E-state index contributed by atoms with van der Waals surface area (Å²) in [5, 5.41) is 12.1. The molecule has 2 N–H and O–H groups in total. The number of nitrogens with zero attached hydrogens (tertiary/aromatic N) is 1. The number of aromatic hydroxyl groups is 1. The van der Waals surface area contributed by atoms with Gasteiger partial charge in [0.2, 0.25) is 0 Å². The molecular formula is C11H15ClN2O2. The lowest BCUT2D eigenvalue weighted by Crippen LogP contribution is -2.28. The van der Waals surface area contributed by atoms with Crippen LogP contribution in [0.2, 0.25) is 0 Å². The number of nitrogens with one attached hydrogen (secondary N) is 1. The highest BCUT2D eigenvalue weighted by molar-refractivity contribution is 6.17. The lowest BCUT2D eigenvalue weighted by Gasteiger charge is -2.11. The molecule has 4 nitrogen and oxygen atoms in total. The lowest BCUT2D eigenvalue weighted by atomic mass is 10.1. The molecule has 0 aliphatic heterocycles. The van der Waals surface area contributed by atoms with Crippen molar-refractivity contribution in [1.29, 1.82) is 0 Å². The number of aromatic nitrogens is 1. The molecule has 1 atom stereocenters. The van der Waals surface area contributed by atoms with Crippen molar-refractivity contribution in [1.82, 2.24) is 10.3 Å². The Balaban J connectivity index is 2.50. The molecule has 1 aromatic heterocycles. The van der Waals surface area contributed by atoms with Crippen LogP contribution in [0.5, 0.6) is 5.75 Å². The van der Waals surface area contributed by atoms with E-state index in [1.807, 2.05) is 6.92 Å². The van der Waals surface area contributed by atoms with Gasteiger partial charge < -0.3 is 10.4 Å². The van der Waals surface area contributed by atoms with E-state index in [4.69, 9.17) is 11.6 Å². The summed E-state index contributed by atoms with van der Waals surface area (Å²) in [6.07, 6.45) is 3.57. The fourth-order valence-corrected chi connectivity index (χ4v) is 1.60. The third-order valence-electron chi connectivity index (χ3n) is 2.26. The van der Waals surface area contributed by atoms with E-state index in [1.54, 1.807) is 0 Å². The first-order valence-corrected chi connectivity index (χ1v) is 5.65. The first-order valence-electron chi connectivity index (χ1n) is 5.12. The highest BCUT2D eigenvalue weighted by Gasteiger charge is 2.11. The smallest absolute Gasteiger partial charge is 0.255 e. The molecule has 1 heterocycles. The van der Waals surface area contributed by atoms with Gasteiger partial charge in [0.15, 0.2) is 0 Å².